The maximum atomic E-state index is 12.7. The average molecular weight is 565 g/mol. The van der Waals surface area contributed by atoms with Gasteiger partial charge in [0, 0.05) is 23.4 Å². The number of nitrogens with zero attached hydrogens (tertiary/aromatic N) is 2. The van der Waals surface area contributed by atoms with Gasteiger partial charge in [0.2, 0.25) is 0 Å². The minimum atomic E-state index is -3.35. The zero-order valence-corrected chi connectivity index (χ0v) is 24.1. The number of ether oxygens (including phenoxy) is 1. The van der Waals surface area contributed by atoms with Crippen molar-refractivity contribution in [3.05, 3.63) is 114 Å². The molecule has 0 amide bonds. The maximum Gasteiger partial charge on any atom is 0.156 e. The van der Waals surface area contributed by atoms with Gasteiger partial charge in [0.1, 0.15) is 17.4 Å². The monoisotopic (exact) mass is 564 g/mol. The van der Waals surface area contributed by atoms with E-state index in [1.165, 1.54) is 6.26 Å². The lowest BCUT2D eigenvalue weighted by molar-refractivity contribution is 0.307. The molecule has 0 unspecified atom stereocenters. The molecule has 2 aromatic heterocycles. The molecule has 40 heavy (non-hydrogen) atoms. The summed E-state index contributed by atoms with van der Waals surface area (Å²) in [5.74, 6) is 0.774. The van der Waals surface area contributed by atoms with Crippen LogP contribution in [0.15, 0.2) is 103 Å². The number of thiazole rings is 1. The lowest BCUT2D eigenvalue weighted by Gasteiger charge is -2.24. The van der Waals surface area contributed by atoms with Gasteiger partial charge in [-0.3, -0.25) is 4.98 Å². The molecule has 6 rings (SSSR count). The summed E-state index contributed by atoms with van der Waals surface area (Å²) in [4.78, 5) is 9.46. The highest BCUT2D eigenvalue weighted by Gasteiger charge is 2.33. The smallest absolute Gasteiger partial charge is 0.156 e. The topological polar surface area (TPSA) is 69.2 Å². The number of hydrogen-bond donors (Lipinski definition) is 0. The third kappa shape index (κ3) is 4.87. The van der Waals surface area contributed by atoms with E-state index < -0.39 is 14.6 Å². The van der Waals surface area contributed by atoms with Crippen LogP contribution in [0, 0.1) is 0 Å². The van der Waals surface area contributed by atoms with Crippen LogP contribution >= 0.6 is 11.3 Å². The SMILES string of the molecule is CC(C)(c1cc(-c2cccc(COc3ccccc3-c3nc4ccccc4s3)c2)c2ncccc2c1)S(C)(=O)=O. The lowest BCUT2D eigenvalue weighted by atomic mass is 9.93. The fraction of sp³-hybridized carbons (Fsp3) is 0.152. The second-order valence-electron chi connectivity index (χ2n) is 10.4. The molecule has 0 saturated carbocycles. The van der Waals surface area contributed by atoms with Crippen molar-refractivity contribution >= 4 is 42.3 Å². The van der Waals surface area contributed by atoms with Crippen LogP contribution in [-0.2, 0) is 21.2 Å². The molecule has 0 spiro atoms. The normalized spacial score (nSPS) is 12.2. The average Bonchev–Trinajstić information content (AvgIpc) is 3.39. The summed E-state index contributed by atoms with van der Waals surface area (Å²) < 4.78 is 31.8. The van der Waals surface area contributed by atoms with Gasteiger partial charge in [0.05, 0.1) is 26.0 Å². The third-order valence-electron chi connectivity index (χ3n) is 7.37. The summed E-state index contributed by atoms with van der Waals surface area (Å²) in [5, 5.41) is 1.83. The number of hydrogen-bond acceptors (Lipinski definition) is 6. The van der Waals surface area contributed by atoms with Crippen molar-refractivity contribution in [1.82, 2.24) is 9.97 Å². The Balaban J connectivity index is 1.35. The maximum absolute atomic E-state index is 12.7. The van der Waals surface area contributed by atoms with Gasteiger partial charge in [0.25, 0.3) is 0 Å². The first-order chi connectivity index (χ1) is 19.2. The van der Waals surface area contributed by atoms with Crippen molar-refractivity contribution in [2.75, 3.05) is 6.26 Å². The quantitative estimate of drug-likeness (QED) is 0.196. The molecule has 0 fully saturated rings. The first kappa shape index (κ1) is 26.2. The Bertz CT molecular complexity index is 1940. The molecular weight excluding hydrogens is 537 g/mol. The summed E-state index contributed by atoms with van der Waals surface area (Å²) in [6.07, 6.45) is 3.05. The van der Waals surface area contributed by atoms with E-state index in [4.69, 9.17) is 9.72 Å². The van der Waals surface area contributed by atoms with Crippen LogP contribution in [-0.4, -0.2) is 24.6 Å². The zero-order valence-electron chi connectivity index (χ0n) is 22.5. The van der Waals surface area contributed by atoms with Gasteiger partial charge in [-0.1, -0.05) is 48.5 Å². The van der Waals surface area contributed by atoms with E-state index in [-0.39, 0.29) is 0 Å². The highest BCUT2D eigenvalue weighted by Crippen LogP contribution is 2.38. The fourth-order valence-electron chi connectivity index (χ4n) is 4.72. The van der Waals surface area contributed by atoms with Crippen LogP contribution in [0.3, 0.4) is 0 Å². The molecule has 0 saturated heterocycles. The molecule has 200 valence electrons. The Hall–Kier alpha value is -4.07. The molecule has 2 heterocycles. The molecule has 6 aromatic rings. The van der Waals surface area contributed by atoms with Crippen molar-refractivity contribution in [2.45, 2.75) is 25.2 Å². The molecule has 0 aliphatic heterocycles. The van der Waals surface area contributed by atoms with E-state index in [0.29, 0.717) is 6.61 Å². The Morgan fingerprint density at radius 2 is 1.65 bits per heavy atom. The molecule has 5 nitrogen and oxygen atoms in total. The van der Waals surface area contributed by atoms with Crippen molar-refractivity contribution < 1.29 is 13.2 Å². The molecule has 0 atom stereocenters. The predicted octanol–water partition coefficient (Wildman–Crippen LogP) is 8.04. The molecule has 0 N–H and O–H groups in total. The van der Waals surface area contributed by atoms with Crippen LogP contribution in [0.4, 0.5) is 0 Å². The summed E-state index contributed by atoms with van der Waals surface area (Å²) >= 11 is 1.65. The summed E-state index contributed by atoms with van der Waals surface area (Å²) in [6.45, 7) is 3.86. The Labute approximate surface area is 238 Å². The van der Waals surface area contributed by atoms with Gasteiger partial charge in [-0.25, -0.2) is 13.4 Å². The Kier molecular flexibility index (Phi) is 6.64. The van der Waals surface area contributed by atoms with Crippen LogP contribution in [0.25, 0.3) is 42.8 Å². The van der Waals surface area contributed by atoms with E-state index in [9.17, 15) is 8.42 Å². The first-order valence-corrected chi connectivity index (χ1v) is 15.7. The zero-order chi connectivity index (χ0) is 27.9. The highest BCUT2D eigenvalue weighted by molar-refractivity contribution is 7.91. The lowest BCUT2D eigenvalue weighted by Crippen LogP contribution is -2.28. The van der Waals surface area contributed by atoms with Gasteiger partial charge < -0.3 is 4.74 Å². The van der Waals surface area contributed by atoms with Crippen molar-refractivity contribution in [2.24, 2.45) is 0 Å². The Morgan fingerprint density at radius 3 is 2.48 bits per heavy atom. The minimum absolute atomic E-state index is 0.371. The highest BCUT2D eigenvalue weighted by atomic mass is 32.2. The third-order valence-corrected chi connectivity index (χ3v) is 10.5. The van der Waals surface area contributed by atoms with Gasteiger partial charge in [-0.05, 0) is 79.1 Å². The Morgan fingerprint density at radius 1 is 0.850 bits per heavy atom. The number of para-hydroxylation sites is 2. The molecule has 0 aliphatic carbocycles. The van der Waals surface area contributed by atoms with Crippen LogP contribution in [0.5, 0.6) is 5.75 Å². The van der Waals surface area contributed by atoms with Crippen LogP contribution in [0.1, 0.15) is 25.0 Å². The van der Waals surface area contributed by atoms with E-state index in [2.05, 4.69) is 17.1 Å². The number of benzene rings is 4. The standard InChI is InChI=1S/C33H28N2O3S2/c1-33(2,40(3,36)37)25-19-24-12-9-17-34-31(24)27(20-25)23-11-8-10-22(18-23)21-38-29-15-6-4-13-26(29)32-35-28-14-5-7-16-30(28)39-32/h4-20H,21H2,1-3H3. The van der Waals surface area contributed by atoms with Crippen LogP contribution in [0.2, 0.25) is 0 Å². The summed E-state index contributed by atoms with van der Waals surface area (Å²) in [6, 6.07) is 32.0. The van der Waals surface area contributed by atoms with E-state index in [1.807, 2.05) is 84.9 Å². The number of fused-ring (bicyclic) bond motifs is 2. The molecule has 0 radical (unpaired) electrons. The molecule has 0 aliphatic rings. The van der Waals surface area contributed by atoms with E-state index in [1.54, 1.807) is 31.4 Å². The molecule has 0 bridgehead atoms. The molecule has 4 aromatic carbocycles. The largest absolute Gasteiger partial charge is 0.488 e. The van der Waals surface area contributed by atoms with E-state index >= 15 is 0 Å². The van der Waals surface area contributed by atoms with Crippen molar-refractivity contribution in [1.29, 1.82) is 0 Å². The number of rotatable bonds is 7. The van der Waals surface area contributed by atoms with Crippen LogP contribution < -0.4 is 4.74 Å². The first-order valence-electron chi connectivity index (χ1n) is 13.0. The summed E-state index contributed by atoms with van der Waals surface area (Å²) in [5.41, 5.74) is 6.34. The number of pyridine rings is 1. The summed E-state index contributed by atoms with van der Waals surface area (Å²) in [7, 11) is -3.35. The molecule has 7 heteroatoms. The second-order valence-corrected chi connectivity index (χ2v) is 13.9. The molecular formula is C33H28N2O3S2. The fourth-order valence-corrected chi connectivity index (χ4v) is 6.26. The van der Waals surface area contributed by atoms with Gasteiger partial charge >= 0.3 is 0 Å². The minimum Gasteiger partial charge on any atom is -0.488 e. The number of sulfone groups is 1. The van der Waals surface area contributed by atoms with Crippen molar-refractivity contribution in [3.8, 4) is 27.4 Å². The van der Waals surface area contributed by atoms with Gasteiger partial charge in [0.15, 0.2) is 9.84 Å². The number of aromatic nitrogens is 2. The van der Waals surface area contributed by atoms with Crippen molar-refractivity contribution in [3.63, 3.8) is 0 Å². The second kappa shape index (κ2) is 10.2. The predicted molar refractivity (Wildman–Crippen MR) is 164 cm³/mol. The van der Waals surface area contributed by atoms with Gasteiger partial charge in [-0.15, -0.1) is 11.3 Å². The van der Waals surface area contributed by atoms with E-state index in [0.717, 1.165) is 59.7 Å². The van der Waals surface area contributed by atoms with Gasteiger partial charge in [-0.2, -0.15) is 0 Å².